The smallest absolute Gasteiger partial charge is 0.211 e. The van der Waals surface area contributed by atoms with E-state index in [2.05, 4.69) is 20.7 Å². The van der Waals surface area contributed by atoms with Crippen LogP contribution in [0.25, 0.3) is 0 Å². The van der Waals surface area contributed by atoms with E-state index in [0.717, 1.165) is 10.0 Å². The second-order valence-electron chi connectivity index (χ2n) is 4.21. The minimum absolute atomic E-state index is 0.0845. The zero-order valence-electron chi connectivity index (χ0n) is 10.2. The summed E-state index contributed by atoms with van der Waals surface area (Å²) in [6, 6.07) is 7.74. The molecule has 1 aromatic carbocycles. The summed E-state index contributed by atoms with van der Waals surface area (Å²) < 4.78 is 27.0. The molecule has 0 amide bonds. The van der Waals surface area contributed by atoms with Crippen molar-refractivity contribution in [1.82, 2.24) is 4.72 Å². The second kappa shape index (κ2) is 7.48. The van der Waals surface area contributed by atoms with Gasteiger partial charge in [0.15, 0.2) is 0 Å². The van der Waals surface area contributed by atoms with Gasteiger partial charge in [-0.05, 0) is 37.5 Å². The number of benzene rings is 1. The highest BCUT2D eigenvalue weighted by atomic mass is 79.9. The Morgan fingerprint density at radius 3 is 2.50 bits per heavy atom. The fourth-order valence-electron chi connectivity index (χ4n) is 1.63. The van der Waals surface area contributed by atoms with Gasteiger partial charge in [0.1, 0.15) is 0 Å². The molecule has 0 aromatic heterocycles. The maximum absolute atomic E-state index is 11.7. The number of sulfonamides is 1. The summed E-state index contributed by atoms with van der Waals surface area (Å²) in [6.07, 6.45) is 1.15. The van der Waals surface area contributed by atoms with E-state index >= 15 is 0 Å². The Kier molecular flexibility index (Phi) is 6.63. The maximum Gasteiger partial charge on any atom is 0.211 e. The van der Waals surface area contributed by atoms with Crippen LogP contribution in [0.2, 0.25) is 0 Å². The fourth-order valence-corrected chi connectivity index (χ4v) is 3.52. The van der Waals surface area contributed by atoms with E-state index in [4.69, 9.17) is 11.6 Å². The molecule has 1 atom stereocenters. The van der Waals surface area contributed by atoms with Crippen molar-refractivity contribution in [3.05, 3.63) is 34.3 Å². The van der Waals surface area contributed by atoms with Crippen LogP contribution in [0.1, 0.15) is 18.9 Å². The summed E-state index contributed by atoms with van der Waals surface area (Å²) in [5, 5.41) is 0. The monoisotopic (exact) mass is 353 g/mol. The minimum Gasteiger partial charge on any atom is -0.212 e. The molecule has 0 aliphatic heterocycles. The first-order valence-electron chi connectivity index (χ1n) is 5.73. The Balaban J connectivity index is 2.51. The van der Waals surface area contributed by atoms with Crippen molar-refractivity contribution < 1.29 is 8.42 Å². The van der Waals surface area contributed by atoms with Crippen LogP contribution in [-0.2, 0) is 16.4 Å². The molecule has 1 rings (SSSR count). The van der Waals surface area contributed by atoms with Crippen molar-refractivity contribution in [2.75, 3.05) is 11.6 Å². The molecule has 0 bridgehead atoms. The largest absolute Gasteiger partial charge is 0.212 e. The van der Waals surface area contributed by atoms with E-state index in [9.17, 15) is 8.42 Å². The van der Waals surface area contributed by atoms with Gasteiger partial charge in [0.25, 0.3) is 0 Å². The topological polar surface area (TPSA) is 46.2 Å². The lowest BCUT2D eigenvalue weighted by molar-refractivity contribution is 0.558. The van der Waals surface area contributed by atoms with Crippen molar-refractivity contribution in [1.29, 1.82) is 0 Å². The zero-order valence-corrected chi connectivity index (χ0v) is 13.4. The molecule has 0 fully saturated rings. The van der Waals surface area contributed by atoms with Crippen molar-refractivity contribution in [3.8, 4) is 0 Å². The second-order valence-corrected chi connectivity index (χ2v) is 7.38. The van der Waals surface area contributed by atoms with Gasteiger partial charge in [0, 0.05) is 16.4 Å². The number of rotatable bonds is 7. The van der Waals surface area contributed by atoms with Crippen molar-refractivity contribution in [2.45, 2.75) is 25.8 Å². The SMILES string of the molecule is CC(Cc1ccc(Br)cc1)NS(=O)(=O)CCCCl. The van der Waals surface area contributed by atoms with E-state index in [1.165, 1.54) is 0 Å². The van der Waals surface area contributed by atoms with Gasteiger partial charge in [-0.3, -0.25) is 0 Å². The van der Waals surface area contributed by atoms with Crippen LogP contribution < -0.4 is 4.72 Å². The Morgan fingerprint density at radius 1 is 1.33 bits per heavy atom. The number of hydrogen-bond acceptors (Lipinski definition) is 2. The third kappa shape index (κ3) is 6.18. The molecule has 6 heteroatoms. The average Bonchev–Trinajstić information content (AvgIpc) is 2.29. The molecule has 0 aliphatic rings. The Labute approximate surface area is 122 Å². The van der Waals surface area contributed by atoms with Crippen LogP contribution in [0.3, 0.4) is 0 Å². The molecule has 1 unspecified atom stereocenters. The summed E-state index contributed by atoms with van der Waals surface area (Å²) >= 11 is 8.86. The van der Waals surface area contributed by atoms with Crippen molar-refractivity contribution >= 4 is 37.6 Å². The standard InChI is InChI=1S/C12H17BrClNO2S/c1-10(15-18(16,17)8-2-7-14)9-11-3-5-12(13)6-4-11/h3-6,10,15H,2,7-9H2,1H3. The molecular formula is C12H17BrClNO2S. The normalized spacial score (nSPS) is 13.5. The molecule has 18 heavy (non-hydrogen) atoms. The quantitative estimate of drug-likeness (QED) is 0.765. The van der Waals surface area contributed by atoms with Gasteiger partial charge in [0.2, 0.25) is 10.0 Å². The van der Waals surface area contributed by atoms with E-state index in [1.807, 2.05) is 31.2 Å². The Hall–Kier alpha value is -0.100. The molecule has 0 saturated carbocycles. The number of hydrogen-bond donors (Lipinski definition) is 1. The van der Waals surface area contributed by atoms with Crippen molar-refractivity contribution in [3.63, 3.8) is 0 Å². The van der Waals surface area contributed by atoms with E-state index in [0.29, 0.717) is 18.7 Å². The molecule has 1 aromatic rings. The van der Waals surface area contributed by atoms with Gasteiger partial charge in [-0.25, -0.2) is 13.1 Å². The Bertz CT molecular complexity index is 461. The summed E-state index contributed by atoms with van der Waals surface area (Å²) in [5.41, 5.74) is 1.10. The van der Waals surface area contributed by atoms with E-state index in [-0.39, 0.29) is 11.8 Å². The van der Waals surface area contributed by atoms with Gasteiger partial charge < -0.3 is 0 Å². The molecular weight excluding hydrogens is 338 g/mol. The third-order valence-corrected chi connectivity index (χ3v) is 4.77. The summed E-state index contributed by atoms with van der Waals surface area (Å²) in [4.78, 5) is 0. The number of nitrogens with one attached hydrogen (secondary N) is 1. The lowest BCUT2D eigenvalue weighted by Crippen LogP contribution is -2.35. The highest BCUT2D eigenvalue weighted by molar-refractivity contribution is 9.10. The highest BCUT2D eigenvalue weighted by Gasteiger charge is 2.14. The van der Waals surface area contributed by atoms with Crippen LogP contribution in [0.4, 0.5) is 0 Å². The lowest BCUT2D eigenvalue weighted by atomic mass is 10.1. The van der Waals surface area contributed by atoms with Gasteiger partial charge in [-0.15, -0.1) is 11.6 Å². The average molecular weight is 355 g/mol. The molecule has 0 aliphatic carbocycles. The van der Waals surface area contributed by atoms with Gasteiger partial charge in [-0.2, -0.15) is 0 Å². The van der Waals surface area contributed by atoms with Crippen LogP contribution in [0, 0.1) is 0 Å². The molecule has 0 heterocycles. The molecule has 0 radical (unpaired) electrons. The number of halogens is 2. The fraction of sp³-hybridized carbons (Fsp3) is 0.500. The molecule has 0 saturated heterocycles. The predicted octanol–water partition coefficient (Wildman–Crippen LogP) is 2.93. The van der Waals surface area contributed by atoms with Crippen LogP contribution in [0.15, 0.2) is 28.7 Å². The third-order valence-electron chi connectivity index (χ3n) is 2.38. The summed E-state index contributed by atoms with van der Waals surface area (Å²) in [6.45, 7) is 1.86. The zero-order chi connectivity index (χ0) is 13.6. The maximum atomic E-state index is 11.7. The molecule has 102 valence electrons. The van der Waals surface area contributed by atoms with Gasteiger partial charge >= 0.3 is 0 Å². The van der Waals surface area contributed by atoms with Gasteiger partial charge in [0.05, 0.1) is 5.75 Å². The molecule has 0 spiro atoms. The molecule has 3 nitrogen and oxygen atoms in total. The van der Waals surface area contributed by atoms with Crippen LogP contribution >= 0.6 is 27.5 Å². The van der Waals surface area contributed by atoms with Crippen LogP contribution in [-0.4, -0.2) is 26.1 Å². The first kappa shape index (κ1) is 16.0. The van der Waals surface area contributed by atoms with Crippen LogP contribution in [0.5, 0.6) is 0 Å². The highest BCUT2D eigenvalue weighted by Crippen LogP contribution is 2.12. The minimum atomic E-state index is -3.21. The van der Waals surface area contributed by atoms with Gasteiger partial charge in [-0.1, -0.05) is 28.1 Å². The Morgan fingerprint density at radius 2 is 1.94 bits per heavy atom. The van der Waals surface area contributed by atoms with E-state index in [1.54, 1.807) is 0 Å². The first-order valence-corrected chi connectivity index (χ1v) is 8.71. The predicted molar refractivity (Wildman–Crippen MR) is 79.6 cm³/mol. The summed E-state index contributed by atoms with van der Waals surface area (Å²) in [5.74, 6) is 0.448. The lowest BCUT2D eigenvalue weighted by Gasteiger charge is -2.14. The number of alkyl halides is 1. The van der Waals surface area contributed by atoms with E-state index < -0.39 is 10.0 Å². The van der Waals surface area contributed by atoms with Crippen molar-refractivity contribution in [2.24, 2.45) is 0 Å². The summed E-state index contributed by atoms with van der Waals surface area (Å²) in [7, 11) is -3.21. The first-order chi connectivity index (χ1) is 8.43. The molecule has 1 N–H and O–H groups in total.